The van der Waals surface area contributed by atoms with E-state index in [-0.39, 0.29) is 0 Å². The Morgan fingerprint density at radius 2 is 1.92 bits per heavy atom. The highest BCUT2D eigenvalue weighted by Gasteiger charge is 2.12. The van der Waals surface area contributed by atoms with Crippen molar-refractivity contribution in [3.8, 4) is 0 Å². The first-order valence-corrected chi connectivity index (χ1v) is 7.95. The fourth-order valence-corrected chi connectivity index (χ4v) is 2.56. The van der Waals surface area contributed by atoms with E-state index in [1.165, 1.54) is 5.56 Å². The molecule has 1 N–H and O–H groups in total. The van der Waals surface area contributed by atoms with E-state index in [2.05, 4.69) is 63.5 Å². The first-order chi connectivity index (χ1) is 11.5. The number of hydrogen-bond acceptors (Lipinski definition) is 6. The molecule has 0 fully saturated rings. The smallest absolute Gasteiger partial charge is 0.230 e. The second-order valence-electron chi connectivity index (χ2n) is 5.72. The minimum atomic E-state index is 0.504. The van der Waals surface area contributed by atoms with Crippen LogP contribution in [0.2, 0.25) is 0 Å². The van der Waals surface area contributed by atoms with Crippen LogP contribution in [0.3, 0.4) is 0 Å². The summed E-state index contributed by atoms with van der Waals surface area (Å²) >= 11 is 0. The summed E-state index contributed by atoms with van der Waals surface area (Å²) in [6.07, 6.45) is 0. The number of hydrogen-bond donors (Lipinski definition) is 1. The molecule has 3 aromatic rings. The Hall–Kier alpha value is -2.89. The third-order valence-electron chi connectivity index (χ3n) is 3.61. The molecule has 0 aliphatic heterocycles. The zero-order valence-electron chi connectivity index (χ0n) is 14.4. The molecule has 0 amide bonds. The third-order valence-corrected chi connectivity index (χ3v) is 3.61. The van der Waals surface area contributed by atoms with E-state index in [1.54, 1.807) is 0 Å². The standard InChI is InChI=1S/C18H21N5O/c1-5-23(15-8-6-7-12(2)9-15)17-10-13(3)19-18(21-17)20-16-11-14(4)24-22-16/h6-11H,5H2,1-4H3,(H,19,20,21,22). The lowest BCUT2D eigenvalue weighted by molar-refractivity contribution is 0.400. The van der Waals surface area contributed by atoms with Crippen molar-refractivity contribution in [1.29, 1.82) is 0 Å². The molecule has 24 heavy (non-hydrogen) atoms. The van der Waals surface area contributed by atoms with Crippen LogP contribution in [0.15, 0.2) is 40.9 Å². The number of nitrogens with zero attached hydrogens (tertiary/aromatic N) is 4. The number of benzene rings is 1. The summed E-state index contributed by atoms with van der Waals surface area (Å²) < 4.78 is 5.07. The van der Waals surface area contributed by atoms with Gasteiger partial charge in [0, 0.05) is 30.1 Å². The molecule has 0 bridgehead atoms. The molecule has 0 aliphatic carbocycles. The Balaban J connectivity index is 1.94. The quantitative estimate of drug-likeness (QED) is 0.755. The van der Waals surface area contributed by atoms with Gasteiger partial charge in [0.15, 0.2) is 5.82 Å². The van der Waals surface area contributed by atoms with Gasteiger partial charge < -0.3 is 14.7 Å². The van der Waals surface area contributed by atoms with Crippen LogP contribution < -0.4 is 10.2 Å². The van der Waals surface area contributed by atoms with Crippen molar-refractivity contribution in [3.63, 3.8) is 0 Å². The van der Waals surface area contributed by atoms with Crippen molar-refractivity contribution in [2.24, 2.45) is 0 Å². The summed E-state index contributed by atoms with van der Waals surface area (Å²) in [4.78, 5) is 11.2. The predicted molar refractivity (Wildman–Crippen MR) is 95.2 cm³/mol. The fraction of sp³-hybridized carbons (Fsp3) is 0.278. The maximum Gasteiger partial charge on any atom is 0.230 e. The van der Waals surface area contributed by atoms with Crippen LogP contribution >= 0.6 is 0 Å². The van der Waals surface area contributed by atoms with Gasteiger partial charge in [-0.1, -0.05) is 17.3 Å². The second kappa shape index (κ2) is 6.70. The summed E-state index contributed by atoms with van der Waals surface area (Å²) in [5, 5.41) is 7.02. The minimum absolute atomic E-state index is 0.504. The van der Waals surface area contributed by atoms with Crippen molar-refractivity contribution in [2.75, 3.05) is 16.8 Å². The Kier molecular flexibility index (Phi) is 4.46. The molecule has 0 saturated heterocycles. The predicted octanol–water partition coefficient (Wildman–Crippen LogP) is 4.29. The summed E-state index contributed by atoms with van der Waals surface area (Å²) in [6, 6.07) is 12.2. The van der Waals surface area contributed by atoms with Crippen LogP contribution in [-0.4, -0.2) is 21.7 Å². The zero-order chi connectivity index (χ0) is 17.1. The molecule has 0 saturated carbocycles. The van der Waals surface area contributed by atoms with E-state index < -0.39 is 0 Å². The molecule has 2 aromatic heterocycles. The molecular formula is C18H21N5O. The summed E-state index contributed by atoms with van der Waals surface area (Å²) in [7, 11) is 0. The average molecular weight is 323 g/mol. The maximum atomic E-state index is 5.07. The number of anilines is 4. The van der Waals surface area contributed by atoms with Gasteiger partial charge in [0.05, 0.1) is 0 Å². The largest absolute Gasteiger partial charge is 0.360 e. The van der Waals surface area contributed by atoms with Gasteiger partial charge in [0.1, 0.15) is 11.6 Å². The average Bonchev–Trinajstić information content (AvgIpc) is 2.92. The van der Waals surface area contributed by atoms with Crippen molar-refractivity contribution in [2.45, 2.75) is 27.7 Å². The maximum absolute atomic E-state index is 5.07. The molecule has 0 unspecified atom stereocenters. The van der Waals surface area contributed by atoms with E-state index in [0.717, 1.165) is 29.5 Å². The zero-order valence-corrected chi connectivity index (χ0v) is 14.4. The third kappa shape index (κ3) is 3.53. The van der Waals surface area contributed by atoms with E-state index >= 15 is 0 Å². The van der Waals surface area contributed by atoms with E-state index in [9.17, 15) is 0 Å². The van der Waals surface area contributed by atoms with Crippen molar-refractivity contribution < 1.29 is 4.52 Å². The SMILES string of the molecule is CCN(c1cccc(C)c1)c1cc(C)nc(Nc2cc(C)on2)n1. The van der Waals surface area contributed by atoms with E-state index in [0.29, 0.717) is 11.8 Å². The number of aromatic nitrogens is 3. The monoisotopic (exact) mass is 323 g/mol. The molecular weight excluding hydrogens is 302 g/mol. The highest BCUT2D eigenvalue weighted by molar-refractivity contribution is 5.62. The van der Waals surface area contributed by atoms with Crippen LogP contribution in [0, 0.1) is 20.8 Å². The molecule has 0 radical (unpaired) electrons. The molecule has 3 rings (SSSR count). The summed E-state index contributed by atoms with van der Waals surface area (Å²) in [5.74, 6) is 2.69. The first-order valence-electron chi connectivity index (χ1n) is 7.95. The van der Waals surface area contributed by atoms with Crippen molar-refractivity contribution >= 4 is 23.3 Å². The van der Waals surface area contributed by atoms with E-state index in [1.807, 2.05) is 26.0 Å². The minimum Gasteiger partial charge on any atom is -0.360 e. The second-order valence-corrected chi connectivity index (χ2v) is 5.72. The van der Waals surface area contributed by atoms with Crippen LogP contribution in [0.4, 0.5) is 23.3 Å². The lowest BCUT2D eigenvalue weighted by Gasteiger charge is -2.23. The van der Waals surface area contributed by atoms with Crippen LogP contribution in [0.25, 0.3) is 0 Å². The van der Waals surface area contributed by atoms with E-state index in [4.69, 9.17) is 4.52 Å². The lowest BCUT2D eigenvalue weighted by Crippen LogP contribution is -2.18. The molecule has 1 aromatic carbocycles. The van der Waals surface area contributed by atoms with Gasteiger partial charge in [-0.25, -0.2) is 4.98 Å². The summed E-state index contributed by atoms with van der Waals surface area (Å²) in [5.41, 5.74) is 3.21. The Morgan fingerprint density at radius 1 is 1.08 bits per heavy atom. The molecule has 6 heteroatoms. The Labute approximate surface area is 141 Å². The number of rotatable bonds is 5. The molecule has 0 atom stereocenters. The molecule has 0 spiro atoms. The van der Waals surface area contributed by atoms with Crippen LogP contribution in [-0.2, 0) is 0 Å². The molecule has 6 nitrogen and oxygen atoms in total. The first kappa shape index (κ1) is 16.0. The van der Waals surface area contributed by atoms with Gasteiger partial charge in [-0.3, -0.25) is 0 Å². The Bertz CT molecular complexity index is 843. The van der Waals surface area contributed by atoms with Crippen LogP contribution in [0.5, 0.6) is 0 Å². The van der Waals surface area contributed by atoms with Gasteiger partial charge in [0.2, 0.25) is 5.95 Å². The fourth-order valence-electron chi connectivity index (χ4n) is 2.56. The highest BCUT2D eigenvalue weighted by atomic mass is 16.5. The number of aryl methyl sites for hydroxylation is 3. The van der Waals surface area contributed by atoms with Gasteiger partial charge in [-0.2, -0.15) is 4.98 Å². The number of nitrogens with one attached hydrogen (secondary N) is 1. The molecule has 0 aliphatic rings. The normalized spacial score (nSPS) is 10.7. The van der Waals surface area contributed by atoms with Crippen LogP contribution in [0.1, 0.15) is 23.9 Å². The topological polar surface area (TPSA) is 67.1 Å². The van der Waals surface area contributed by atoms with Gasteiger partial charge in [-0.05, 0) is 45.4 Å². The van der Waals surface area contributed by atoms with Gasteiger partial charge in [-0.15, -0.1) is 0 Å². The van der Waals surface area contributed by atoms with Gasteiger partial charge in [0.25, 0.3) is 0 Å². The van der Waals surface area contributed by atoms with Crippen molar-refractivity contribution in [3.05, 3.63) is 53.4 Å². The van der Waals surface area contributed by atoms with Gasteiger partial charge >= 0.3 is 0 Å². The molecule has 124 valence electrons. The Morgan fingerprint density at radius 3 is 2.58 bits per heavy atom. The van der Waals surface area contributed by atoms with Crippen molar-refractivity contribution in [1.82, 2.24) is 15.1 Å². The summed E-state index contributed by atoms with van der Waals surface area (Å²) in [6.45, 7) is 8.80. The molecule has 2 heterocycles. The lowest BCUT2D eigenvalue weighted by atomic mass is 10.2. The highest BCUT2D eigenvalue weighted by Crippen LogP contribution is 2.26.